The summed E-state index contributed by atoms with van der Waals surface area (Å²) in [5.74, 6) is 0.351. The summed E-state index contributed by atoms with van der Waals surface area (Å²) in [6.07, 6.45) is 2.37. The molecule has 0 aliphatic heterocycles. The number of nitrogens with zero attached hydrogens (tertiary/aromatic N) is 1. The molecule has 0 bridgehead atoms. The number of phenolic OH excluding ortho intramolecular Hbond substituents is 1. The minimum absolute atomic E-state index is 0.225. The first-order valence-electron chi connectivity index (χ1n) is 7.80. The summed E-state index contributed by atoms with van der Waals surface area (Å²) in [5, 5.41) is 13.1. The van der Waals surface area contributed by atoms with Gasteiger partial charge in [-0.15, -0.1) is 0 Å². The number of aromatic hydroxyl groups is 1. The maximum Gasteiger partial charge on any atom is 0.118 e. The molecule has 1 aromatic rings. The minimum atomic E-state index is 0.225. The second-order valence-electron chi connectivity index (χ2n) is 5.96. The minimum Gasteiger partial charge on any atom is -0.508 e. The van der Waals surface area contributed by atoms with E-state index in [0.29, 0.717) is 11.8 Å². The molecule has 2 N–H and O–H groups in total. The Morgan fingerprint density at radius 3 is 2.62 bits per heavy atom. The van der Waals surface area contributed by atoms with E-state index in [1.54, 1.807) is 6.07 Å². The van der Waals surface area contributed by atoms with Gasteiger partial charge < -0.3 is 15.3 Å². The highest BCUT2D eigenvalue weighted by atomic mass is 16.3. The van der Waals surface area contributed by atoms with Gasteiger partial charge in [0.25, 0.3) is 0 Å². The Bertz CT molecular complexity index is 470. The number of hydrogen-bond acceptors (Lipinski definition) is 3. The van der Waals surface area contributed by atoms with Gasteiger partial charge in [-0.1, -0.05) is 32.1 Å². The summed E-state index contributed by atoms with van der Waals surface area (Å²) < 4.78 is 0. The number of hydrogen-bond donors (Lipinski definition) is 2. The summed E-state index contributed by atoms with van der Waals surface area (Å²) in [6, 6.07) is 6.46. The molecule has 0 fully saturated rings. The molecule has 0 heterocycles. The van der Waals surface area contributed by atoms with Crippen LogP contribution >= 0.6 is 0 Å². The SMILES string of the molecule is C=C(C(C)NCc1ccc(O)c(C)c1)N(C)C(C)CCC. The zero-order chi connectivity index (χ0) is 16.0. The van der Waals surface area contributed by atoms with Gasteiger partial charge in [0.2, 0.25) is 0 Å². The molecule has 2 unspecified atom stereocenters. The van der Waals surface area contributed by atoms with Gasteiger partial charge in [-0.3, -0.25) is 0 Å². The fourth-order valence-electron chi connectivity index (χ4n) is 2.42. The molecule has 0 aliphatic carbocycles. The standard InChI is InChI=1S/C18H30N2O/c1-7-8-14(3)20(6)16(5)15(4)19-12-17-9-10-18(21)13(2)11-17/h9-11,14-15,19,21H,5,7-8,12H2,1-4,6H3. The van der Waals surface area contributed by atoms with Crippen LogP contribution in [0.3, 0.4) is 0 Å². The molecule has 2 atom stereocenters. The number of aryl methyl sites for hydroxylation is 1. The van der Waals surface area contributed by atoms with Crippen molar-refractivity contribution in [3.05, 3.63) is 41.6 Å². The zero-order valence-corrected chi connectivity index (χ0v) is 14.1. The van der Waals surface area contributed by atoms with E-state index in [-0.39, 0.29) is 6.04 Å². The van der Waals surface area contributed by atoms with Crippen molar-refractivity contribution < 1.29 is 5.11 Å². The van der Waals surface area contributed by atoms with Crippen LogP contribution in [0.5, 0.6) is 5.75 Å². The van der Waals surface area contributed by atoms with Gasteiger partial charge in [-0.05, 0) is 44.4 Å². The number of nitrogens with one attached hydrogen (secondary N) is 1. The molecule has 1 rings (SSSR count). The van der Waals surface area contributed by atoms with E-state index in [4.69, 9.17) is 0 Å². The fraction of sp³-hybridized carbons (Fsp3) is 0.556. The van der Waals surface area contributed by atoms with Gasteiger partial charge in [0.05, 0.1) is 0 Å². The van der Waals surface area contributed by atoms with Crippen molar-refractivity contribution in [2.45, 2.75) is 59.2 Å². The molecule has 21 heavy (non-hydrogen) atoms. The largest absolute Gasteiger partial charge is 0.508 e. The Kier molecular flexibility index (Phi) is 6.76. The van der Waals surface area contributed by atoms with E-state index in [0.717, 1.165) is 17.8 Å². The quantitative estimate of drug-likeness (QED) is 0.764. The second kappa shape index (κ2) is 8.08. The first kappa shape index (κ1) is 17.6. The van der Waals surface area contributed by atoms with E-state index in [2.05, 4.69) is 44.6 Å². The van der Waals surface area contributed by atoms with E-state index in [9.17, 15) is 5.11 Å². The Morgan fingerprint density at radius 2 is 2.05 bits per heavy atom. The molecule has 0 aromatic heterocycles. The van der Waals surface area contributed by atoms with Crippen LogP contribution in [0.25, 0.3) is 0 Å². The van der Waals surface area contributed by atoms with Crippen LogP contribution in [0, 0.1) is 6.92 Å². The van der Waals surface area contributed by atoms with Crippen LogP contribution in [-0.2, 0) is 6.54 Å². The average molecular weight is 290 g/mol. The number of rotatable bonds is 8. The van der Waals surface area contributed by atoms with Crippen molar-refractivity contribution in [2.75, 3.05) is 7.05 Å². The van der Waals surface area contributed by atoms with E-state index in [1.165, 1.54) is 18.4 Å². The van der Waals surface area contributed by atoms with Crippen molar-refractivity contribution in [1.29, 1.82) is 0 Å². The van der Waals surface area contributed by atoms with Crippen LogP contribution in [0.4, 0.5) is 0 Å². The molecule has 0 amide bonds. The molecule has 0 spiro atoms. The van der Waals surface area contributed by atoms with E-state index in [1.807, 2.05) is 19.1 Å². The van der Waals surface area contributed by atoms with E-state index >= 15 is 0 Å². The first-order valence-corrected chi connectivity index (χ1v) is 7.80. The predicted molar refractivity (Wildman–Crippen MR) is 90.4 cm³/mol. The van der Waals surface area contributed by atoms with Gasteiger partial charge in [0, 0.05) is 31.4 Å². The van der Waals surface area contributed by atoms with Crippen molar-refractivity contribution in [3.63, 3.8) is 0 Å². The summed E-state index contributed by atoms with van der Waals surface area (Å²) in [6.45, 7) is 13.5. The van der Waals surface area contributed by atoms with Crippen LogP contribution in [0.15, 0.2) is 30.5 Å². The monoisotopic (exact) mass is 290 g/mol. The van der Waals surface area contributed by atoms with Gasteiger partial charge in [0.1, 0.15) is 5.75 Å². The molecule has 3 nitrogen and oxygen atoms in total. The lowest BCUT2D eigenvalue weighted by Crippen LogP contribution is -2.38. The molecule has 0 aliphatic rings. The third-order valence-corrected chi connectivity index (χ3v) is 4.19. The molecule has 0 saturated heterocycles. The highest BCUT2D eigenvalue weighted by Crippen LogP contribution is 2.17. The lowest BCUT2D eigenvalue weighted by atomic mass is 10.1. The number of likely N-dealkylation sites (N-methyl/N-ethyl adjacent to an activating group) is 1. The second-order valence-corrected chi connectivity index (χ2v) is 5.96. The summed E-state index contributed by atoms with van der Waals surface area (Å²) >= 11 is 0. The van der Waals surface area contributed by atoms with Gasteiger partial charge in [-0.2, -0.15) is 0 Å². The topological polar surface area (TPSA) is 35.5 Å². The highest BCUT2D eigenvalue weighted by molar-refractivity contribution is 5.34. The van der Waals surface area contributed by atoms with Gasteiger partial charge in [-0.25, -0.2) is 0 Å². The normalized spacial score (nSPS) is 13.8. The summed E-state index contributed by atoms with van der Waals surface area (Å²) in [5.41, 5.74) is 3.20. The first-order chi connectivity index (χ1) is 9.86. The van der Waals surface area contributed by atoms with Crippen LogP contribution < -0.4 is 5.32 Å². The van der Waals surface area contributed by atoms with Crippen LogP contribution in [-0.4, -0.2) is 29.1 Å². The predicted octanol–water partition coefficient (Wildman–Crippen LogP) is 3.81. The molecular formula is C18H30N2O. The zero-order valence-electron chi connectivity index (χ0n) is 14.1. The van der Waals surface area contributed by atoms with Crippen molar-refractivity contribution in [1.82, 2.24) is 10.2 Å². The molecule has 0 saturated carbocycles. The lowest BCUT2D eigenvalue weighted by Gasteiger charge is -2.32. The highest BCUT2D eigenvalue weighted by Gasteiger charge is 2.15. The van der Waals surface area contributed by atoms with Gasteiger partial charge >= 0.3 is 0 Å². The Balaban J connectivity index is 2.54. The Morgan fingerprint density at radius 1 is 1.38 bits per heavy atom. The molecular weight excluding hydrogens is 260 g/mol. The molecule has 3 heteroatoms. The smallest absolute Gasteiger partial charge is 0.118 e. The number of phenols is 1. The third-order valence-electron chi connectivity index (χ3n) is 4.19. The third kappa shape index (κ3) is 5.09. The molecule has 1 aromatic carbocycles. The van der Waals surface area contributed by atoms with Crippen molar-refractivity contribution in [3.8, 4) is 5.75 Å². The Hall–Kier alpha value is -1.48. The number of benzene rings is 1. The Labute approximate surface area is 129 Å². The van der Waals surface area contributed by atoms with Crippen molar-refractivity contribution >= 4 is 0 Å². The van der Waals surface area contributed by atoms with Crippen LogP contribution in [0.2, 0.25) is 0 Å². The maximum absolute atomic E-state index is 9.55. The van der Waals surface area contributed by atoms with Gasteiger partial charge in [0.15, 0.2) is 0 Å². The fourth-order valence-corrected chi connectivity index (χ4v) is 2.42. The maximum atomic E-state index is 9.55. The van der Waals surface area contributed by atoms with Crippen molar-refractivity contribution in [2.24, 2.45) is 0 Å². The molecule has 0 radical (unpaired) electrons. The average Bonchev–Trinajstić information content (AvgIpc) is 2.46. The summed E-state index contributed by atoms with van der Waals surface area (Å²) in [4.78, 5) is 2.27. The lowest BCUT2D eigenvalue weighted by molar-refractivity contribution is 0.282. The van der Waals surface area contributed by atoms with Crippen LogP contribution in [0.1, 0.15) is 44.7 Å². The van der Waals surface area contributed by atoms with E-state index < -0.39 is 0 Å². The summed E-state index contributed by atoms with van der Waals surface area (Å²) in [7, 11) is 2.12. The molecule has 118 valence electrons.